The molecule has 1 aliphatic heterocycles. The Bertz CT molecular complexity index is 1570. The molecular weight excluding hydrogens is 589 g/mol. The standard InChI is InChI=1S/C27H21F7N6O3/c28-18-3-5-19(6-4-18)40(24(41)13-16-1-2-17(26(29,30)31)14-20(16)27(32,33)34)15-23-37-38-25(43-23)21-7-8-22(36-35-21)39-9-11-42-12-10-39/h1-8,14H,9-13,15H2. The number of carbonyl (C=O) groups excluding carboxylic acids is 1. The highest BCUT2D eigenvalue weighted by atomic mass is 19.4. The van der Waals surface area contributed by atoms with Crippen LogP contribution in [0.5, 0.6) is 0 Å². The SMILES string of the molecule is O=C(Cc1ccc(C(F)(F)F)cc1C(F)(F)F)N(Cc1nnc(-c2ccc(N3CCOCC3)nn2)o1)c1ccc(F)cc1. The van der Waals surface area contributed by atoms with Gasteiger partial charge in [-0.3, -0.25) is 4.79 Å². The van der Waals surface area contributed by atoms with E-state index in [2.05, 4.69) is 20.4 Å². The van der Waals surface area contributed by atoms with E-state index in [-0.39, 0.29) is 29.2 Å². The molecule has 3 heterocycles. The second-order valence-corrected chi connectivity index (χ2v) is 9.38. The van der Waals surface area contributed by atoms with Gasteiger partial charge in [-0.2, -0.15) is 26.3 Å². The maximum atomic E-state index is 13.7. The molecule has 1 saturated heterocycles. The van der Waals surface area contributed by atoms with Gasteiger partial charge in [0.1, 0.15) is 18.1 Å². The highest BCUT2D eigenvalue weighted by Gasteiger charge is 2.38. The summed E-state index contributed by atoms with van der Waals surface area (Å²) >= 11 is 0. The predicted molar refractivity (Wildman–Crippen MR) is 136 cm³/mol. The lowest BCUT2D eigenvalue weighted by Crippen LogP contribution is -2.36. The average molecular weight is 610 g/mol. The first-order chi connectivity index (χ1) is 20.4. The van der Waals surface area contributed by atoms with E-state index in [0.717, 1.165) is 17.0 Å². The maximum absolute atomic E-state index is 13.7. The van der Waals surface area contributed by atoms with Crippen LogP contribution in [0, 0.1) is 5.82 Å². The Morgan fingerprint density at radius 3 is 2.21 bits per heavy atom. The smallest absolute Gasteiger partial charge is 0.416 e. The number of aromatic nitrogens is 4. The number of morpholine rings is 1. The lowest BCUT2D eigenvalue weighted by Gasteiger charge is -2.27. The van der Waals surface area contributed by atoms with Crippen molar-refractivity contribution in [1.29, 1.82) is 0 Å². The van der Waals surface area contributed by atoms with Crippen LogP contribution in [0.3, 0.4) is 0 Å². The second-order valence-electron chi connectivity index (χ2n) is 9.38. The number of carbonyl (C=O) groups is 1. The van der Waals surface area contributed by atoms with Gasteiger partial charge in [-0.15, -0.1) is 20.4 Å². The lowest BCUT2D eigenvalue weighted by atomic mass is 10.00. The van der Waals surface area contributed by atoms with E-state index in [1.54, 1.807) is 12.1 Å². The Balaban J connectivity index is 1.39. The fraction of sp³-hybridized carbons (Fsp3) is 0.296. The minimum absolute atomic E-state index is 0.0412. The highest BCUT2D eigenvalue weighted by Crippen LogP contribution is 2.38. The number of ether oxygens (including phenoxy) is 1. The third-order valence-corrected chi connectivity index (χ3v) is 6.49. The molecular formula is C27H21F7N6O3. The van der Waals surface area contributed by atoms with E-state index in [1.165, 1.54) is 12.1 Å². The zero-order valence-electron chi connectivity index (χ0n) is 22.0. The van der Waals surface area contributed by atoms with Crippen LogP contribution < -0.4 is 9.80 Å². The van der Waals surface area contributed by atoms with Gasteiger partial charge in [-0.05, 0) is 54.1 Å². The minimum Gasteiger partial charge on any atom is -0.417 e. The van der Waals surface area contributed by atoms with Gasteiger partial charge in [-0.1, -0.05) is 6.07 Å². The van der Waals surface area contributed by atoms with E-state index >= 15 is 0 Å². The van der Waals surface area contributed by atoms with E-state index in [9.17, 15) is 35.5 Å². The van der Waals surface area contributed by atoms with Crippen molar-refractivity contribution in [3.63, 3.8) is 0 Å². The summed E-state index contributed by atoms with van der Waals surface area (Å²) in [6.07, 6.45) is -11.1. The molecule has 5 rings (SSSR count). The van der Waals surface area contributed by atoms with Gasteiger partial charge in [0.2, 0.25) is 11.8 Å². The number of hydrogen-bond donors (Lipinski definition) is 0. The summed E-state index contributed by atoms with van der Waals surface area (Å²) in [5, 5.41) is 16.0. The molecule has 0 N–H and O–H groups in total. The largest absolute Gasteiger partial charge is 0.417 e. The van der Waals surface area contributed by atoms with Crippen LogP contribution in [0.2, 0.25) is 0 Å². The summed E-state index contributed by atoms with van der Waals surface area (Å²) in [6, 6.07) is 8.80. The fourth-order valence-electron chi connectivity index (χ4n) is 4.33. The van der Waals surface area contributed by atoms with Crippen molar-refractivity contribution < 1.29 is 44.7 Å². The zero-order chi connectivity index (χ0) is 30.8. The van der Waals surface area contributed by atoms with Gasteiger partial charge in [0.05, 0.1) is 30.8 Å². The molecule has 0 saturated carbocycles. The van der Waals surface area contributed by atoms with Crippen molar-refractivity contribution in [1.82, 2.24) is 20.4 Å². The van der Waals surface area contributed by atoms with Crippen LogP contribution in [0.15, 0.2) is 59.0 Å². The van der Waals surface area contributed by atoms with Crippen LogP contribution in [-0.2, 0) is 34.8 Å². The van der Waals surface area contributed by atoms with Gasteiger partial charge < -0.3 is 19.0 Å². The Kier molecular flexibility index (Phi) is 8.30. The number of rotatable bonds is 7. The lowest BCUT2D eigenvalue weighted by molar-refractivity contribution is -0.143. The molecule has 0 atom stereocenters. The first-order valence-electron chi connectivity index (χ1n) is 12.7. The van der Waals surface area contributed by atoms with Crippen molar-refractivity contribution in [2.75, 3.05) is 36.1 Å². The molecule has 4 aromatic rings. The van der Waals surface area contributed by atoms with Crippen LogP contribution in [0.1, 0.15) is 22.6 Å². The van der Waals surface area contributed by atoms with Gasteiger partial charge in [0, 0.05) is 18.8 Å². The van der Waals surface area contributed by atoms with Crippen LogP contribution >= 0.6 is 0 Å². The van der Waals surface area contributed by atoms with Gasteiger partial charge in [-0.25, -0.2) is 4.39 Å². The number of anilines is 2. The van der Waals surface area contributed by atoms with Crippen molar-refractivity contribution in [3.8, 4) is 11.6 Å². The van der Waals surface area contributed by atoms with Gasteiger partial charge in [0.25, 0.3) is 5.89 Å². The molecule has 226 valence electrons. The second kappa shape index (κ2) is 11.9. The molecule has 0 unspecified atom stereocenters. The molecule has 1 amide bonds. The number of amides is 1. The summed E-state index contributed by atoms with van der Waals surface area (Å²) < 4.78 is 105. The monoisotopic (exact) mass is 610 g/mol. The van der Waals surface area contributed by atoms with Crippen LogP contribution in [-0.4, -0.2) is 52.6 Å². The van der Waals surface area contributed by atoms with E-state index in [0.29, 0.717) is 44.3 Å². The maximum Gasteiger partial charge on any atom is 0.416 e. The molecule has 0 spiro atoms. The topological polar surface area (TPSA) is 97.5 Å². The number of benzene rings is 2. The molecule has 1 fully saturated rings. The molecule has 9 nitrogen and oxygen atoms in total. The van der Waals surface area contributed by atoms with Crippen LogP contribution in [0.4, 0.5) is 42.2 Å². The van der Waals surface area contributed by atoms with Crippen molar-refractivity contribution >= 4 is 17.4 Å². The van der Waals surface area contributed by atoms with E-state index in [1.807, 2.05) is 4.90 Å². The van der Waals surface area contributed by atoms with Crippen molar-refractivity contribution in [3.05, 3.63) is 83.0 Å². The normalized spacial score (nSPS) is 14.2. The highest BCUT2D eigenvalue weighted by molar-refractivity contribution is 5.94. The molecule has 0 aliphatic carbocycles. The number of nitrogens with zero attached hydrogens (tertiary/aromatic N) is 6. The van der Waals surface area contributed by atoms with E-state index < -0.39 is 53.7 Å². The summed E-state index contributed by atoms with van der Waals surface area (Å²) in [5.41, 5.74) is -3.50. The summed E-state index contributed by atoms with van der Waals surface area (Å²) in [6.45, 7) is 1.94. The third kappa shape index (κ3) is 7.07. The average Bonchev–Trinajstić information content (AvgIpc) is 3.45. The van der Waals surface area contributed by atoms with Gasteiger partial charge in [0.15, 0.2) is 5.82 Å². The Morgan fingerprint density at radius 1 is 0.860 bits per heavy atom. The Morgan fingerprint density at radius 2 is 1.58 bits per heavy atom. The third-order valence-electron chi connectivity index (χ3n) is 6.49. The molecule has 1 aliphatic rings. The first-order valence-corrected chi connectivity index (χ1v) is 12.7. The molecule has 16 heteroatoms. The number of hydrogen-bond acceptors (Lipinski definition) is 8. The predicted octanol–water partition coefficient (Wildman–Crippen LogP) is 5.32. The Labute approximate surface area is 238 Å². The van der Waals surface area contributed by atoms with E-state index in [4.69, 9.17) is 9.15 Å². The summed E-state index contributed by atoms with van der Waals surface area (Å²) in [4.78, 5) is 16.3. The summed E-state index contributed by atoms with van der Waals surface area (Å²) in [7, 11) is 0. The number of halogens is 7. The molecule has 0 bridgehead atoms. The molecule has 2 aromatic carbocycles. The molecule has 2 aromatic heterocycles. The molecule has 0 radical (unpaired) electrons. The quantitative estimate of drug-likeness (QED) is 0.260. The number of alkyl halides is 6. The summed E-state index contributed by atoms with van der Waals surface area (Å²) in [5.74, 6) is -1.18. The molecule has 43 heavy (non-hydrogen) atoms. The minimum atomic E-state index is -5.17. The first kappa shape index (κ1) is 29.9. The Hall–Kier alpha value is -4.60. The van der Waals surface area contributed by atoms with Crippen molar-refractivity contribution in [2.45, 2.75) is 25.3 Å². The zero-order valence-corrected chi connectivity index (χ0v) is 22.0. The van der Waals surface area contributed by atoms with Crippen LogP contribution in [0.25, 0.3) is 11.6 Å². The van der Waals surface area contributed by atoms with Crippen molar-refractivity contribution in [2.24, 2.45) is 0 Å². The van der Waals surface area contributed by atoms with Gasteiger partial charge >= 0.3 is 12.4 Å². The fourth-order valence-corrected chi connectivity index (χ4v) is 4.33.